The summed E-state index contributed by atoms with van der Waals surface area (Å²) in [6.07, 6.45) is 3.58. The van der Waals surface area contributed by atoms with Gasteiger partial charge in [0.25, 0.3) is 0 Å². The lowest BCUT2D eigenvalue weighted by atomic mass is 9.68. The van der Waals surface area contributed by atoms with Gasteiger partial charge in [0, 0.05) is 5.56 Å². The van der Waals surface area contributed by atoms with Gasteiger partial charge in [0.2, 0.25) is 0 Å². The maximum Gasteiger partial charge on any atom is 0.119 e. The van der Waals surface area contributed by atoms with Crippen LogP contribution < -0.4 is 0 Å². The minimum absolute atomic E-state index is 0.237. The first-order valence-corrected chi connectivity index (χ1v) is 6.22. The summed E-state index contributed by atoms with van der Waals surface area (Å²) >= 11 is 0. The van der Waals surface area contributed by atoms with Crippen LogP contribution in [0.25, 0.3) is 0 Å². The maximum atomic E-state index is 10.1. The van der Waals surface area contributed by atoms with E-state index in [9.17, 15) is 5.11 Å². The average Bonchev–Trinajstić information content (AvgIpc) is 2.22. The molecule has 0 heterocycles. The number of hydrogen-bond acceptors (Lipinski definition) is 1. The minimum Gasteiger partial charge on any atom is -0.508 e. The Morgan fingerprint density at radius 1 is 1.25 bits per heavy atom. The lowest BCUT2D eigenvalue weighted by molar-refractivity contribution is 0.281. The molecular formula is C15H22O. The van der Waals surface area contributed by atoms with E-state index in [1.165, 1.54) is 29.5 Å². The summed E-state index contributed by atoms with van der Waals surface area (Å²) in [5.74, 6) is 0.997. The molecule has 2 rings (SSSR count). The second-order valence-electron chi connectivity index (χ2n) is 6.10. The van der Waals surface area contributed by atoms with Crippen molar-refractivity contribution < 1.29 is 5.11 Å². The Labute approximate surface area is 98.5 Å². The Balaban J connectivity index is 2.58. The highest BCUT2D eigenvalue weighted by molar-refractivity contribution is 5.48. The molecule has 88 valence electrons. The zero-order chi connectivity index (χ0) is 11.9. The number of hydrogen-bond donors (Lipinski definition) is 1. The number of rotatable bonds is 0. The molecule has 0 bridgehead atoms. The van der Waals surface area contributed by atoms with Crippen molar-refractivity contribution in [2.24, 2.45) is 5.41 Å². The zero-order valence-electron chi connectivity index (χ0n) is 10.8. The van der Waals surface area contributed by atoms with Crippen molar-refractivity contribution >= 4 is 0 Å². The van der Waals surface area contributed by atoms with Crippen LogP contribution in [-0.4, -0.2) is 5.11 Å². The van der Waals surface area contributed by atoms with Gasteiger partial charge >= 0.3 is 0 Å². The van der Waals surface area contributed by atoms with E-state index >= 15 is 0 Å². The Morgan fingerprint density at radius 3 is 2.56 bits per heavy atom. The molecule has 1 aliphatic carbocycles. The Bertz CT molecular complexity index is 399. The number of aromatic hydroxyl groups is 1. The summed E-state index contributed by atoms with van der Waals surface area (Å²) < 4.78 is 0. The van der Waals surface area contributed by atoms with Crippen molar-refractivity contribution in [2.45, 2.75) is 52.9 Å². The molecule has 0 saturated heterocycles. The van der Waals surface area contributed by atoms with Crippen LogP contribution in [0.4, 0.5) is 0 Å². The predicted molar refractivity (Wildman–Crippen MR) is 68.0 cm³/mol. The van der Waals surface area contributed by atoms with Crippen LogP contribution >= 0.6 is 0 Å². The van der Waals surface area contributed by atoms with Crippen molar-refractivity contribution in [1.29, 1.82) is 0 Å². The SMILES string of the molecule is Cc1ccc(O)c2c1CCCC2C(C)(C)C. The lowest BCUT2D eigenvalue weighted by Gasteiger charge is -2.36. The highest BCUT2D eigenvalue weighted by atomic mass is 16.3. The lowest BCUT2D eigenvalue weighted by Crippen LogP contribution is -2.23. The molecule has 1 aliphatic rings. The molecule has 0 radical (unpaired) electrons. The van der Waals surface area contributed by atoms with Crippen LogP contribution in [0.5, 0.6) is 5.75 Å². The minimum atomic E-state index is 0.237. The first-order valence-electron chi connectivity index (χ1n) is 6.22. The first-order chi connectivity index (χ1) is 7.41. The van der Waals surface area contributed by atoms with E-state index in [2.05, 4.69) is 27.7 Å². The van der Waals surface area contributed by atoms with Crippen LogP contribution in [0.2, 0.25) is 0 Å². The van der Waals surface area contributed by atoms with E-state index in [0.29, 0.717) is 11.7 Å². The molecule has 1 nitrogen and oxygen atoms in total. The molecule has 0 aromatic heterocycles. The highest BCUT2D eigenvalue weighted by Gasteiger charge is 2.32. The van der Waals surface area contributed by atoms with Gasteiger partial charge in [-0.05, 0) is 54.7 Å². The first kappa shape index (κ1) is 11.5. The van der Waals surface area contributed by atoms with E-state index in [0.717, 1.165) is 6.42 Å². The number of phenolic OH excluding ortho intramolecular Hbond substituents is 1. The Hall–Kier alpha value is -0.980. The molecule has 0 aliphatic heterocycles. The van der Waals surface area contributed by atoms with Crippen LogP contribution in [0.3, 0.4) is 0 Å². The molecule has 1 unspecified atom stereocenters. The smallest absolute Gasteiger partial charge is 0.119 e. The fraction of sp³-hybridized carbons (Fsp3) is 0.600. The molecule has 0 amide bonds. The quantitative estimate of drug-likeness (QED) is 0.693. The fourth-order valence-corrected chi connectivity index (χ4v) is 2.98. The summed E-state index contributed by atoms with van der Waals surface area (Å²) in [4.78, 5) is 0. The normalized spacial score (nSPS) is 20.6. The molecule has 1 aromatic rings. The van der Waals surface area contributed by atoms with Gasteiger partial charge in [-0.15, -0.1) is 0 Å². The van der Waals surface area contributed by atoms with E-state index in [1.54, 1.807) is 0 Å². The number of phenols is 1. The van der Waals surface area contributed by atoms with Crippen LogP contribution in [0, 0.1) is 12.3 Å². The summed E-state index contributed by atoms with van der Waals surface area (Å²) in [6.45, 7) is 8.97. The molecule has 1 atom stereocenters. The largest absolute Gasteiger partial charge is 0.508 e. The van der Waals surface area contributed by atoms with E-state index in [4.69, 9.17) is 0 Å². The standard InChI is InChI=1S/C15H22O/c1-10-8-9-13(16)14-11(10)6-5-7-12(14)15(2,3)4/h8-9,12,16H,5-7H2,1-4H3. The second kappa shape index (κ2) is 3.80. The van der Waals surface area contributed by atoms with Crippen molar-refractivity contribution in [3.05, 3.63) is 28.8 Å². The molecule has 16 heavy (non-hydrogen) atoms. The summed E-state index contributed by atoms with van der Waals surface area (Å²) in [7, 11) is 0. The van der Waals surface area contributed by atoms with Gasteiger partial charge in [0.15, 0.2) is 0 Å². The number of fused-ring (bicyclic) bond motifs is 1. The van der Waals surface area contributed by atoms with Gasteiger partial charge in [-0.1, -0.05) is 26.8 Å². The van der Waals surface area contributed by atoms with E-state index < -0.39 is 0 Å². The monoisotopic (exact) mass is 218 g/mol. The van der Waals surface area contributed by atoms with Crippen molar-refractivity contribution in [2.75, 3.05) is 0 Å². The van der Waals surface area contributed by atoms with Gasteiger partial charge in [-0.25, -0.2) is 0 Å². The summed E-state index contributed by atoms with van der Waals surface area (Å²) in [5, 5.41) is 10.1. The van der Waals surface area contributed by atoms with Gasteiger partial charge < -0.3 is 5.11 Å². The van der Waals surface area contributed by atoms with Crippen molar-refractivity contribution in [3.63, 3.8) is 0 Å². The van der Waals surface area contributed by atoms with Crippen LogP contribution in [-0.2, 0) is 6.42 Å². The molecule has 1 N–H and O–H groups in total. The molecule has 1 heteroatoms. The van der Waals surface area contributed by atoms with E-state index in [-0.39, 0.29) is 5.41 Å². The third-order valence-corrected chi connectivity index (χ3v) is 3.88. The Morgan fingerprint density at radius 2 is 1.94 bits per heavy atom. The van der Waals surface area contributed by atoms with Crippen molar-refractivity contribution in [3.8, 4) is 5.75 Å². The molecule has 0 saturated carbocycles. The predicted octanol–water partition coefficient (Wildman–Crippen LogP) is 4.17. The number of benzene rings is 1. The third kappa shape index (κ3) is 1.83. The summed E-state index contributed by atoms with van der Waals surface area (Å²) in [5.41, 5.74) is 4.19. The van der Waals surface area contributed by atoms with Crippen LogP contribution in [0.1, 0.15) is 56.2 Å². The third-order valence-electron chi connectivity index (χ3n) is 3.88. The Kier molecular flexibility index (Phi) is 2.73. The second-order valence-corrected chi connectivity index (χ2v) is 6.10. The zero-order valence-corrected chi connectivity index (χ0v) is 10.8. The highest BCUT2D eigenvalue weighted by Crippen LogP contribution is 2.47. The van der Waals surface area contributed by atoms with Crippen LogP contribution in [0.15, 0.2) is 12.1 Å². The van der Waals surface area contributed by atoms with Gasteiger partial charge in [0.05, 0.1) is 0 Å². The number of aryl methyl sites for hydroxylation is 1. The average molecular weight is 218 g/mol. The summed E-state index contributed by atoms with van der Waals surface area (Å²) in [6, 6.07) is 3.90. The topological polar surface area (TPSA) is 20.2 Å². The molecule has 1 aromatic carbocycles. The molecule has 0 spiro atoms. The maximum absolute atomic E-state index is 10.1. The fourth-order valence-electron chi connectivity index (χ4n) is 2.98. The molecular weight excluding hydrogens is 196 g/mol. The van der Waals surface area contributed by atoms with Gasteiger partial charge in [-0.3, -0.25) is 0 Å². The van der Waals surface area contributed by atoms with E-state index in [1.807, 2.05) is 12.1 Å². The van der Waals surface area contributed by atoms with Gasteiger partial charge in [0.1, 0.15) is 5.75 Å². The van der Waals surface area contributed by atoms with Crippen molar-refractivity contribution in [1.82, 2.24) is 0 Å². The molecule has 0 fully saturated rings. The van der Waals surface area contributed by atoms with Gasteiger partial charge in [-0.2, -0.15) is 0 Å².